The van der Waals surface area contributed by atoms with Crippen LogP contribution in [0, 0.1) is 13.8 Å². The third-order valence-corrected chi connectivity index (χ3v) is 5.04. The van der Waals surface area contributed by atoms with Crippen molar-refractivity contribution in [1.29, 1.82) is 0 Å². The van der Waals surface area contributed by atoms with Crippen LogP contribution in [-0.2, 0) is 4.79 Å². The highest BCUT2D eigenvalue weighted by atomic mass is 32.1. The van der Waals surface area contributed by atoms with E-state index < -0.39 is 11.7 Å². The van der Waals surface area contributed by atoms with E-state index in [4.69, 9.17) is 4.74 Å². The molecule has 1 atom stereocenters. The fourth-order valence-corrected chi connectivity index (χ4v) is 3.80. The molecule has 0 aliphatic carbocycles. The molecular formula is C18H20N4O3S. The Bertz CT molecular complexity index is 1020. The topological polar surface area (TPSA) is 86.1 Å². The predicted molar refractivity (Wildman–Crippen MR) is 102 cm³/mol. The van der Waals surface area contributed by atoms with Crippen molar-refractivity contribution in [2.45, 2.75) is 33.2 Å². The maximum Gasteiger partial charge on any atom is 0.348 e. The van der Waals surface area contributed by atoms with E-state index >= 15 is 0 Å². The van der Waals surface area contributed by atoms with Crippen molar-refractivity contribution in [2.75, 3.05) is 12.4 Å². The number of hydrogen-bond acceptors (Lipinski definition) is 6. The second-order valence-corrected chi connectivity index (χ2v) is 6.99. The zero-order valence-corrected chi connectivity index (χ0v) is 15.9. The summed E-state index contributed by atoms with van der Waals surface area (Å²) >= 11 is 1.36. The van der Waals surface area contributed by atoms with Crippen LogP contribution in [0.25, 0.3) is 10.2 Å². The summed E-state index contributed by atoms with van der Waals surface area (Å²) in [4.78, 5) is 33.4. The molecule has 2 aromatic heterocycles. The molecule has 8 heteroatoms. The Morgan fingerprint density at radius 1 is 1.31 bits per heavy atom. The zero-order valence-electron chi connectivity index (χ0n) is 15.1. The van der Waals surface area contributed by atoms with Crippen LogP contribution in [0.3, 0.4) is 0 Å². The van der Waals surface area contributed by atoms with Crippen LogP contribution in [0.1, 0.15) is 30.8 Å². The second kappa shape index (κ2) is 7.25. The minimum absolute atomic E-state index is 0.283. The van der Waals surface area contributed by atoms with Gasteiger partial charge in [-0.1, -0.05) is 18.3 Å². The van der Waals surface area contributed by atoms with Crippen LogP contribution in [0.4, 0.5) is 5.13 Å². The number of anilines is 1. The molecule has 0 saturated heterocycles. The number of thiazole rings is 1. The maximum absolute atomic E-state index is 12.8. The molecule has 2 heterocycles. The average Bonchev–Trinajstić information content (AvgIpc) is 2.98. The number of hydrogen-bond donors (Lipinski definition) is 1. The van der Waals surface area contributed by atoms with Gasteiger partial charge >= 0.3 is 5.69 Å². The molecule has 1 aromatic carbocycles. The van der Waals surface area contributed by atoms with Gasteiger partial charge in [-0.15, -0.1) is 0 Å². The Hall–Kier alpha value is -2.74. The van der Waals surface area contributed by atoms with Crippen LogP contribution in [0.2, 0.25) is 0 Å². The first-order valence-electron chi connectivity index (χ1n) is 8.25. The van der Waals surface area contributed by atoms with Crippen LogP contribution in [0.5, 0.6) is 5.75 Å². The van der Waals surface area contributed by atoms with Crippen molar-refractivity contribution in [3.8, 4) is 5.75 Å². The summed E-state index contributed by atoms with van der Waals surface area (Å²) in [5.41, 5.74) is 1.71. The lowest BCUT2D eigenvalue weighted by molar-refractivity contribution is -0.119. The Morgan fingerprint density at radius 2 is 2.08 bits per heavy atom. The summed E-state index contributed by atoms with van der Waals surface area (Å²) in [7, 11) is 1.60. The fraction of sp³-hybridized carbons (Fsp3) is 0.333. The quantitative estimate of drug-likeness (QED) is 0.744. The molecule has 1 unspecified atom stereocenters. The van der Waals surface area contributed by atoms with E-state index in [1.54, 1.807) is 27.0 Å². The lowest BCUT2D eigenvalue weighted by Crippen LogP contribution is -2.36. The number of amides is 1. The molecule has 26 heavy (non-hydrogen) atoms. The number of carbonyl (C=O) groups excluding carboxylic acids is 1. The summed E-state index contributed by atoms with van der Waals surface area (Å²) < 4.78 is 7.55. The number of benzene rings is 1. The second-order valence-electron chi connectivity index (χ2n) is 5.96. The highest BCUT2D eigenvalue weighted by molar-refractivity contribution is 7.22. The third kappa shape index (κ3) is 3.45. The van der Waals surface area contributed by atoms with Crippen molar-refractivity contribution in [3.63, 3.8) is 0 Å². The first kappa shape index (κ1) is 18.1. The maximum atomic E-state index is 12.8. The number of nitrogens with zero attached hydrogens (tertiary/aromatic N) is 3. The molecule has 3 rings (SSSR count). The SMILES string of the molecule is CCC(C(=O)Nc1nc2ccc(OC)cc2s1)n1c(C)cc(C)nc1=O. The summed E-state index contributed by atoms with van der Waals surface area (Å²) in [5.74, 6) is 0.452. The molecule has 0 radical (unpaired) electrons. The molecule has 0 saturated carbocycles. The van der Waals surface area contributed by atoms with E-state index in [2.05, 4.69) is 15.3 Å². The molecule has 7 nitrogen and oxygen atoms in total. The third-order valence-electron chi connectivity index (χ3n) is 4.10. The number of ether oxygens (including phenoxy) is 1. The van der Waals surface area contributed by atoms with Crippen molar-refractivity contribution in [3.05, 3.63) is 46.1 Å². The molecule has 3 aromatic rings. The summed E-state index contributed by atoms with van der Waals surface area (Å²) in [5, 5.41) is 3.32. The highest BCUT2D eigenvalue weighted by Gasteiger charge is 2.23. The van der Waals surface area contributed by atoms with Gasteiger partial charge in [-0.2, -0.15) is 4.98 Å². The minimum Gasteiger partial charge on any atom is -0.497 e. The number of aryl methyl sites for hydroxylation is 2. The van der Waals surface area contributed by atoms with Gasteiger partial charge in [0.05, 0.1) is 17.3 Å². The predicted octanol–water partition coefficient (Wildman–Crippen LogP) is 3.07. The molecule has 0 aliphatic rings. The summed E-state index contributed by atoms with van der Waals surface area (Å²) in [6.07, 6.45) is 0.468. The Balaban J connectivity index is 1.89. The van der Waals surface area contributed by atoms with Crippen LogP contribution < -0.4 is 15.7 Å². The number of carbonyl (C=O) groups is 1. The smallest absolute Gasteiger partial charge is 0.348 e. The van der Waals surface area contributed by atoms with E-state index in [0.717, 1.165) is 16.0 Å². The van der Waals surface area contributed by atoms with E-state index in [1.165, 1.54) is 15.9 Å². The summed E-state index contributed by atoms with van der Waals surface area (Å²) in [6.45, 7) is 5.42. The zero-order chi connectivity index (χ0) is 18.8. The number of fused-ring (bicyclic) bond motifs is 1. The Labute approximate surface area is 154 Å². The largest absolute Gasteiger partial charge is 0.497 e. The molecule has 0 bridgehead atoms. The average molecular weight is 372 g/mol. The Morgan fingerprint density at radius 3 is 2.73 bits per heavy atom. The molecule has 136 valence electrons. The first-order chi connectivity index (χ1) is 12.4. The van der Waals surface area contributed by atoms with Gasteiger partial charge in [-0.3, -0.25) is 9.36 Å². The molecule has 1 N–H and O–H groups in total. The van der Waals surface area contributed by atoms with E-state index in [0.29, 0.717) is 22.9 Å². The van der Waals surface area contributed by atoms with Crippen molar-refractivity contribution in [1.82, 2.24) is 14.5 Å². The van der Waals surface area contributed by atoms with Gasteiger partial charge in [0.2, 0.25) is 5.91 Å². The van der Waals surface area contributed by atoms with Gasteiger partial charge in [0.1, 0.15) is 11.8 Å². The number of nitrogens with one attached hydrogen (secondary N) is 1. The van der Waals surface area contributed by atoms with Crippen LogP contribution in [0.15, 0.2) is 29.1 Å². The van der Waals surface area contributed by atoms with Crippen molar-refractivity contribution < 1.29 is 9.53 Å². The van der Waals surface area contributed by atoms with Gasteiger partial charge in [0.25, 0.3) is 0 Å². The number of rotatable bonds is 5. The van der Waals surface area contributed by atoms with E-state index in [-0.39, 0.29) is 5.91 Å². The first-order valence-corrected chi connectivity index (χ1v) is 9.06. The lowest BCUT2D eigenvalue weighted by atomic mass is 10.2. The molecule has 0 aliphatic heterocycles. The fourth-order valence-electron chi connectivity index (χ4n) is 2.90. The van der Waals surface area contributed by atoms with E-state index in [9.17, 15) is 9.59 Å². The van der Waals surface area contributed by atoms with Crippen molar-refractivity contribution in [2.24, 2.45) is 0 Å². The molecule has 1 amide bonds. The van der Waals surface area contributed by atoms with Gasteiger partial charge in [-0.05, 0) is 44.5 Å². The number of aromatic nitrogens is 3. The minimum atomic E-state index is -0.642. The van der Waals surface area contributed by atoms with Gasteiger partial charge < -0.3 is 10.1 Å². The van der Waals surface area contributed by atoms with Crippen LogP contribution >= 0.6 is 11.3 Å². The van der Waals surface area contributed by atoms with E-state index in [1.807, 2.05) is 25.1 Å². The normalized spacial score (nSPS) is 12.2. The van der Waals surface area contributed by atoms with Crippen molar-refractivity contribution >= 4 is 32.6 Å². The standard InChI is InChI=1S/C18H20N4O3S/c1-5-14(22-11(3)8-10(2)19-18(22)24)16(23)21-17-20-13-7-6-12(25-4)9-15(13)26-17/h6-9,14H,5H2,1-4H3,(H,20,21,23). The Kier molecular flexibility index (Phi) is 5.03. The lowest BCUT2D eigenvalue weighted by Gasteiger charge is -2.19. The van der Waals surface area contributed by atoms with Crippen LogP contribution in [-0.4, -0.2) is 27.6 Å². The van der Waals surface area contributed by atoms with Gasteiger partial charge in [0, 0.05) is 11.4 Å². The highest BCUT2D eigenvalue weighted by Crippen LogP contribution is 2.29. The number of methoxy groups -OCH3 is 1. The molecule has 0 fully saturated rings. The van der Waals surface area contributed by atoms with Gasteiger partial charge in [0.15, 0.2) is 5.13 Å². The monoisotopic (exact) mass is 372 g/mol. The van der Waals surface area contributed by atoms with Gasteiger partial charge in [-0.25, -0.2) is 9.78 Å². The molecule has 0 spiro atoms. The molecular weight excluding hydrogens is 352 g/mol. The summed E-state index contributed by atoms with van der Waals surface area (Å²) in [6, 6.07) is 6.69.